The van der Waals surface area contributed by atoms with Gasteiger partial charge in [0.05, 0.1) is 47.5 Å². The fraction of sp³-hybridized carbons (Fsp3) is 0.590. The van der Waals surface area contributed by atoms with Crippen molar-refractivity contribution in [1.82, 2.24) is 0 Å². The van der Waals surface area contributed by atoms with Crippen molar-refractivity contribution in [3.8, 4) is 0 Å². The molecule has 3 heterocycles. The van der Waals surface area contributed by atoms with Crippen LogP contribution in [0.1, 0.15) is 170 Å². The number of carbonyl (C=O) groups is 6. The smallest absolute Gasteiger partial charge is 0.338 e. The zero-order chi connectivity index (χ0) is 69.7. The molecule has 98 heavy (non-hydrogen) atoms. The number of aliphatic hydroxyl groups excluding tert-OH is 2. The third-order valence-electron chi connectivity index (χ3n) is 24.0. The largest absolute Gasteiger partial charge is 0.460 e. The molecule has 3 aliphatic heterocycles. The van der Waals surface area contributed by atoms with Crippen molar-refractivity contribution in [2.75, 3.05) is 13.2 Å². The molecule has 0 unspecified atom stereocenters. The molecule has 528 valence electrons. The average Bonchev–Trinajstić information content (AvgIpc) is 0.676. The summed E-state index contributed by atoms with van der Waals surface area (Å²) in [6.45, 7) is 20.0. The summed E-state index contributed by atoms with van der Waals surface area (Å²) >= 11 is 0. The van der Waals surface area contributed by atoms with Crippen LogP contribution in [-0.2, 0) is 77.8 Å². The van der Waals surface area contributed by atoms with Crippen LogP contribution < -0.4 is 0 Å². The van der Waals surface area contributed by atoms with Gasteiger partial charge in [0.1, 0.15) is 31.0 Å². The highest BCUT2D eigenvalue weighted by Crippen LogP contribution is 2.76. The maximum absolute atomic E-state index is 14.7. The van der Waals surface area contributed by atoms with E-state index in [-0.39, 0.29) is 69.4 Å². The lowest BCUT2D eigenvalue weighted by molar-refractivity contribution is -0.378. The van der Waals surface area contributed by atoms with E-state index in [1.807, 2.05) is 30.3 Å². The first-order chi connectivity index (χ1) is 46.7. The lowest BCUT2D eigenvalue weighted by Crippen LogP contribution is -2.67. The Labute approximate surface area is 573 Å². The third-order valence-corrected chi connectivity index (χ3v) is 24.0. The van der Waals surface area contributed by atoms with Crippen LogP contribution in [0.3, 0.4) is 0 Å². The summed E-state index contributed by atoms with van der Waals surface area (Å²) in [7, 11) is 0. The fourth-order valence-corrected chi connectivity index (χ4v) is 18.6. The second-order valence-corrected chi connectivity index (χ2v) is 30.7. The van der Waals surface area contributed by atoms with Crippen LogP contribution in [0.4, 0.5) is 0 Å². The monoisotopic (exact) mass is 1350 g/mol. The molecule has 2 N–H and O–H groups in total. The van der Waals surface area contributed by atoms with Crippen LogP contribution >= 0.6 is 0 Å². The molecule has 20 nitrogen and oxygen atoms in total. The van der Waals surface area contributed by atoms with Crippen molar-refractivity contribution in [3.05, 3.63) is 155 Å². The summed E-state index contributed by atoms with van der Waals surface area (Å²) in [5, 5.41) is 23.6. The number of hydrogen-bond acceptors (Lipinski definition) is 20. The molecule has 0 bridgehead atoms. The molecule has 4 aromatic rings. The van der Waals surface area contributed by atoms with E-state index >= 15 is 0 Å². The molecule has 0 amide bonds. The van der Waals surface area contributed by atoms with Crippen LogP contribution in [0.25, 0.3) is 0 Å². The maximum Gasteiger partial charge on any atom is 0.338 e. The van der Waals surface area contributed by atoms with Crippen molar-refractivity contribution < 1.29 is 95.8 Å². The quantitative estimate of drug-likeness (QED) is 0.0431. The molecule has 12 rings (SSSR count). The predicted molar refractivity (Wildman–Crippen MR) is 354 cm³/mol. The minimum Gasteiger partial charge on any atom is -0.460 e. The van der Waals surface area contributed by atoms with E-state index in [0.29, 0.717) is 12.3 Å². The molecule has 0 radical (unpaired) electrons. The second-order valence-electron chi connectivity index (χ2n) is 30.7. The van der Waals surface area contributed by atoms with Gasteiger partial charge >= 0.3 is 35.8 Å². The van der Waals surface area contributed by atoms with E-state index in [0.717, 1.165) is 77.2 Å². The number of rotatable bonds is 17. The Balaban J connectivity index is 0.813. The van der Waals surface area contributed by atoms with E-state index in [2.05, 4.69) is 54.5 Å². The standard InChI is InChI=1S/C78H96O20/c1-45-60(91-46(2)79)63(98-70-64(96-68(85)51-29-21-14-22-30-51)61(95-67(84)50-27-19-13-20-28-50)55(44-88-70)93-66(83)49-25-17-12-18-26-49)65(92-47(3)80)71(90-45)97-62-59(82)54(81)43-87-69(62)94-58-34-35-75(8)56(74(58,6)7)33-36-77(10)57(75)32-31-52-53-41-73(4,5)37-39-78(53,40-38-76(52,77)9)72(86)89-42-48-23-15-11-16-24-48/h11-31,45,53-65,69-71,81-82H,32-44H2,1-10H3/t45-,53-,54-,55+,56-,57+,58-,59-,60-,61-,62+,63+,64+,65+,69-,70-,71-,75-,76+,77+,78-/m0/s1. The number of hydrogen-bond donors (Lipinski definition) is 2. The van der Waals surface area contributed by atoms with Crippen LogP contribution in [0, 0.1) is 50.2 Å². The highest BCUT2D eigenvalue weighted by Gasteiger charge is 2.70. The fourth-order valence-electron chi connectivity index (χ4n) is 18.6. The third kappa shape index (κ3) is 13.7. The Morgan fingerprint density at radius 3 is 1.67 bits per heavy atom. The SMILES string of the molecule is CC(=O)O[C@@H]1[C@@H](O[C@@H]2OC[C@@H](OC(=O)c3ccccc3)[C@H](OC(=O)c3ccccc3)[C@H]2OC(=O)c2ccccc2)[C@@H](OC(C)=O)[C@H](O[C@H]2[C@H](O[C@H]3CC[C@]4(C)[C@H]5CC=C6[C@@H]7CC(C)(C)CC[C@]7(C(=O)OCc7ccccc7)CC[C@@]6(C)[C@]5(C)CC[C@H]4C3(C)C)OC[C@H](O)[C@@H]2O)O[C@H]1C. The van der Waals surface area contributed by atoms with Gasteiger partial charge in [-0.25, -0.2) is 14.4 Å². The molecular formula is C78H96O20. The molecule has 4 aromatic carbocycles. The molecule has 4 saturated carbocycles. The maximum atomic E-state index is 14.7. The zero-order valence-electron chi connectivity index (χ0n) is 57.9. The predicted octanol–water partition coefficient (Wildman–Crippen LogP) is 11.4. The average molecular weight is 1350 g/mol. The number of aliphatic hydroxyl groups is 2. The number of carbonyl (C=O) groups excluding carboxylic acids is 6. The van der Waals surface area contributed by atoms with Gasteiger partial charge in [0, 0.05) is 13.8 Å². The molecular weight excluding hydrogens is 1260 g/mol. The Hall–Kier alpha value is -6.88. The molecule has 8 aliphatic rings. The van der Waals surface area contributed by atoms with Gasteiger partial charge in [0.2, 0.25) is 0 Å². The summed E-state index contributed by atoms with van der Waals surface area (Å²) in [5.41, 5.74) is 1.40. The number of allylic oxidation sites excluding steroid dienone is 2. The summed E-state index contributed by atoms with van der Waals surface area (Å²) in [4.78, 5) is 83.7. The number of ether oxygens (including phenoxy) is 12. The van der Waals surface area contributed by atoms with Gasteiger partial charge in [-0.2, -0.15) is 0 Å². The zero-order valence-corrected chi connectivity index (χ0v) is 57.9. The first-order valence-electron chi connectivity index (χ1n) is 34.9. The van der Waals surface area contributed by atoms with Crippen LogP contribution in [0.2, 0.25) is 0 Å². The number of esters is 6. The molecule has 3 saturated heterocycles. The van der Waals surface area contributed by atoms with E-state index in [1.54, 1.807) is 61.5 Å². The van der Waals surface area contributed by atoms with E-state index < -0.39 is 133 Å². The second kappa shape index (κ2) is 28.3. The lowest BCUT2D eigenvalue weighted by atomic mass is 9.33. The van der Waals surface area contributed by atoms with E-state index in [4.69, 9.17) is 56.8 Å². The Bertz CT molecular complexity index is 3550. The Kier molecular flexibility index (Phi) is 20.5. The number of benzene rings is 4. The Morgan fingerprint density at radius 1 is 0.531 bits per heavy atom. The summed E-state index contributed by atoms with van der Waals surface area (Å²) < 4.78 is 76.7. The van der Waals surface area contributed by atoms with Gasteiger partial charge in [-0.3, -0.25) is 14.4 Å². The Morgan fingerprint density at radius 2 is 1.06 bits per heavy atom. The highest BCUT2D eigenvalue weighted by molar-refractivity contribution is 5.91. The topological polar surface area (TPSA) is 254 Å². The summed E-state index contributed by atoms with van der Waals surface area (Å²) in [6.07, 6.45) is -9.52. The molecule has 20 heteroatoms. The van der Waals surface area contributed by atoms with Gasteiger partial charge in [0.25, 0.3) is 0 Å². The van der Waals surface area contributed by atoms with Gasteiger partial charge in [-0.15, -0.1) is 0 Å². The molecule has 0 aromatic heterocycles. The molecule has 21 atom stereocenters. The van der Waals surface area contributed by atoms with Gasteiger partial charge in [-0.1, -0.05) is 145 Å². The highest BCUT2D eigenvalue weighted by atomic mass is 16.8. The first kappa shape index (κ1) is 71.0. The van der Waals surface area contributed by atoms with E-state index in [9.17, 15) is 39.0 Å². The van der Waals surface area contributed by atoms with Crippen LogP contribution in [-0.4, -0.2) is 145 Å². The van der Waals surface area contributed by atoms with Gasteiger partial charge < -0.3 is 67.1 Å². The van der Waals surface area contributed by atoms with Crippen molar-refractivity contribution in [1.29, 1.82) is 0 Å². The number of fused-ring (bicyclic) bond motifs is 7. The normalized spacial score (nSPS) is 37.7. The molecule has 0 spiro atoms. The van der Waals surface area contributed by atoms with Crippen LogP contribution in [0.5, 0.6) is 0 Å². The van der Waals surface area contributed by atoms with Crippen molar-refractivity contribution in [2.24, 2.45) is 50.2 Å². The van der Waals surface area contributed by atoms with E-state index in [1.165, 1.54) is 42.0 Å². The molecule has 7 fully saturated rings. The van der Waals surface area contributed by atoms with Crippen molar-refractivity contribution in [2.45, 2.75) is 226 Å². The van der Waals surface area contributed by atoms with Crippen molar-refractivity contribution >= 4 is 35.8 Å². The van der Waals surface area contributed by atoms with Crippen LogP contribution in [0.15, 0.2) is 133 Å². The summed E-state index contributed by atoms with van der Waals surface area (Å²) in [6, 6.07) is 33.9. The summed E-state index contributed by atoms with van der Waals surface area (Å²) in [5.74, 6) is -3.78. The molecule has 5 aliphatic carbocycles. The van der Waals surface area contributed by atoms with Crippen molar-refractivity contribution in [3.63, 3.8) is 0 Å². The minimum absolute atomic E-state index is 0.0636. The lowest BCUT2D eigenvalue weighted by Gasteiger charge is -2.71. The minimum atomic E-state index is -1.78. The van der Waals surface area contributed by atoms with Gasteiger partial charge in [0.15, 0.2) is 49.4 Å². The van der Waals surface area contributed by atoms with Gasteiger partial charge in [-0.05, 0) is 158 Å². The first-order valence-corrected chi connectivity index (χ1v) is 34.9.